The Kier molecular flexibility index (Phi) is 3.09. The lowest BCUT2D eigenvalue weighted by molar-refractivity contribution is 0.304. The number of hydrogen-bond donors (Lipinski definition) is 1. The van der Waals surface area contributed by atoms with Gasteiger partial charge in [-0.15, -0.1) is 0 Å². The Morgan fingerprint density at radius 3 is 2.00 bits per heavy atom. The number of rotatable bonds is 1. The van der Waals surface area contributed by atoms with Gasteiger partial charge in [-0.1, -0.05) is 0 Å². The summed E-state index contributed by atoms with van der Waals surface area (Å²) in [5.41, 5.74) is 0. The second kappa shape index (κ2) is 3.52. The van der Waals surface area contributed by atoms with E-state index in [1.807, 2.05) is 3.11 Å². The zero-order valence-corrected chi connectivity index (χ0v) is 8.88. The molecule has 0 spiro atoms. The van der Waals surface area contributed by atoms with E-state index < -0.39 is 10.2 Å². The van der Waals surface area contributed by atoms with Gasteiger partial charge in [-0.3, -0.25) is 0 Å². The van der Waals surface area contributed by atoms with Crippen molar-refractivity contribution in [2.75, 3.05) is 26.2 Å². The number of hydrogen-bond acceptors (Lipinski definition) is 3. The van der Waals surface area contributed by atoms with Crippen LogP contribution in [-0.4, -0.2) is 42.0 Å². The summed E-state index contributed by atoms with van der Waals surface area (Å²) in [4.78, 5) is 0. The molecule has 11 heavy (non-hydrogen) atoms. The summed E-state index contributed by atoms with van der Waals surface area (Å²) in [5, 5.41) is 4.93. The molecule has 1 fully saturated rings. The van der Waals surface area contributed by atoms with Gasteiger partial charge in [-0.2, -0.15) is 12.7 Å². The van der Waals surface area contributed by atoms with Crippen LogP contribution < -0.4 is 5.14 Å². The molecule has 1 saturated heterocycles. The summed E-state index contributed by atoms with van der Waals surface area (Å²) in [6.45, 7) is 2.50. The average molecular weight is 291 g/mol. The Labute approximate surface area is 80.2 Å². The summed E-state index contributed by atoms with van der Waals surface area (Å²) >= 11 is 2.17. The first-order valence-electron chi connectivity index (χ1n) is 3.19. The molecule has 7 heteroatoms. The Morgan fingerprint density at radius 2 is 1.64 bits per heavy atom. The van der Waals surface area contributed by atoms with Crippen LogP contribution in [0.2, 0.25) is 0 Å². The topological polar surface area (TPSA) is 66.6 Å². The minimum Gasteiger partial charge on any atom is -0.245 e. The maximum atomic E-state index is 10.8. The molecule has 0 atom stereocenters. The van der Waals surface area contributed by atoms with Gasteiger partial charge >= 0.3 is 0 Å². The number of nitrogens with two attached hydrogens (primary N) is 1. The van der Waals surface area contributed by atoms with E-state index in [9.17, 15) is 8.42 Å². The summed E-state index contributed by atoms with van der Waals surface area (Å²) in [6.07, 6.45) is 0. The zero-order valence-electron chi connectivity index (χ0n) is 5.90. The lowest BCUT2D eigenvalue weighted by Gasteiger charge is -2.28. The summed E-state index contributed by atoms with van der Waals surface area (Å²) < 4.78 is 24.9. The average Bonchev–Trinajstić information content (AvgIpc) is 1.86. The summed E-state index contributed by atoms with van der Waals surface area (Å²) in [5.74, 6) is 0. The molecule has 0 saturated carbocycles. The van der Waals surface area contributed by atoms with E-state index in [0.29, 0.717) is 13.1 Å². The third-order valence-electron chi connectivity index (χ3n) is 1.54. The van der Waals surface area contributed by atoms with Crippen molar-refractivity contribution in [3.05, 3.63) is 0 Å². The standard InChI is InChI=1S/C4H10IN3O2S/c5-7-1-3-8(4-2-7)11(6,9)10/h1-4H2,(H2,6,9,10). The molecule has 1 heterocycles. The zero-order chi connectivity index (χ0) is 8.48. The summed E-state index contributed by atoms with van der Waals surface area (Å²) in [7, 11) is -3.45. The van der Waals surface area contributed by atoms with Crippen LogP contribution in [0.1, 0.15) is 0 Å². The largest absolute Gasteiger partial charge is 0.276 e. The van der Waals surface area contributed by atoms with E-state index >= 15 is 0 Å². The molecule has 0 aromatic rings. The highest BCUT2D eigenvalue weighted by molar-refractivity contribution is 14.1. The normalized spacial score (nSPS) is 23.8. The van der Waals surface area contributed by atoms with Crippen molar-refractivity contribution < 1.29 is 8.42 Å². The van der Waals surface area contributed by atoms with Crippen LogP contribution in [-0.2, 0) is 10.2 Å². The molecule has 0 aromatic carbocycles. The van der Waals surface area contributed by atoms with E-state index in [1.165, 1.54) is 4.31 Å². The van der Waals surface area contributed by atoms with Crippen molar-refractivity contribution in [2.45, 2.75) is 0 Å². The van der Waals surface area contributed by atoms with Crippen molar-refractivity contribution in [1.82, 2.24) is 7.42 Å². The van der Waals surface area contributed by atoms with Crippen molar-refractivity contribution in [2.24, 2.45) is 5.14 Å². The van der Waals surface area contributed by atoms with Crippen LogP contribution in [0.4, 0.5) is 0 Å². The van der Waals surface area contributed by atoms with Crippen LogP contribution in [0.3, 0.4) is 0 Å². The molecule has 5 nitrogen and oxygen atoms in total. The molecule has 0 radical (unpaired) electrons. The molecular weight excluding hydrogens is 281 g/mol. The van der Waals surface area contributed by atoms with Crippen LogP contribution in [0, 0.1) is 0 Å². The monoisotopic (exact) mass is 291 g/mol. The first-order chi connectivity index (χ1) is 5.00. The molecule has 1 rings (SSSR count). The number of piperazine rings is 1. The Bertz CT molecular complexity index is 221. The Morgan fingerprint density at radius 1 is 1.18 bits per heavy atom. The maximum Gasteiger partial charge on any atom is 0.276 e. The molecule has 0 amide bonds. The highest BCUT2D eigenvalue weighted by Crippen LogP contribution is 2.07. The smallest absolute Gasteiger partial charge is 0.245 e. The molecule has 66 valence electrons. The highest BCUT2D eigenvalue weighted by atomic mass is 127. The predicted molar refractivity (Wildman–Crippen MR) is 50.3 cm³/mol. The van der Waals surface area contributed by atoms with Gasteiger partial charge in [0.25, 0.3) is 10.2 Å². The maximum absolute atomic E-state index is 10.8. The number of nitrogens with zero attached hydrogens (tertiary/aromatic N) is 2. The van der Waals surface area contributed by atoms with Crippen LogP contribution >= 0.6 is 22.9 Å². The van der Waals surface area contributed by atoms with Crippen molar-refractivity contribution in [3.8, 4) is 0 Å². The highest BCUT2D eigenvalue weighted by Gasteiger charge is 2.22. The fraction of sp³-hybridized carbons (Fsp3) is 1.00. The van der Waals surface area contributed by atoms with Gasteiger partial charge < -0.3 is 0 Å². The van der Waals surface area contributed by atoms with E-state index in [0.717, 1.165) is 13.1 Å². The SMILES string of the molecule is NS(=O)(=O)N1CCN(I)CC1. The van der Waals surface area contributed by atoms with Gasteiger partial charge in [-0.25, -0.2) is 8.25 Å². The van der Waals surface area contributed by atoms with Gasteiger partial charge in [0, 0.05) is 49.0 Å². The Balaban J connectivity index is 2.53. The summed E-state index contributed by atoms with van der Waals surface area (Å²) in [6, 6.07) is 0. The molecule has 1 aliphatic heterocycles. The van der Waals surface area contributed by atoms with Gasteiger partial charge in [0.1, 0.15) is 0 Å². The minimum atomic E-state index is -3.45. The molecule has 0 bridgehead atoms. The van der Waals surface area contributed by atoms with Crippen molar-refractivity contribution in [1.29, 1.82) is 0 Å². The molecular formula is C4H10IN3O2S. The molecule has 0 aliphatic carbocycles. The van der Waals surface area contributed by atoms with E-state index in [4.69, 9.17) is 5.14 Å². The van der Waals surface area contributed by atoms with E-state index in [1.54, 1.807) is 0 Å². The van der Waals surface area contributed by atoms with Crippen molar-refractivity contribution >= 4 is 33.1 Å². The third-order valence-corrected chi connectivity index (χ3v) is 3.59. The van der Waals surface area contributed by atoms with Gasteiger partial charge in [0.15, 0.2) is 0 Å². The van der Waals surface area contributed by atoms with Crippen LogP contribution in [0.15, 0.2) is 0 Å². The van der Waals surface area contributed by atoms with Crippen LogP contribution in [0.5, 0.6) is 0 Å². The fourth-order valence-corrected chi connectivity index (χ4v) is 2.02. The lowest BCUT2D eigenvalue weighted by Crippen LogP contribution is -2.47. The van der Waals surface area contributed by atoms with E-state index in [-0.39, 0.29) is 0 Å². The molecule has 0 aromatic heterocycles. The van der Waals surface area contributed by atoms with E-state index in [2.05, 4.69) is 22.9 Å². The first kappa shape index (κ1) is 9.65. The molecule has 0 unspecified atom stereocenters. The van der Waals surface area contributed by atoms with Gasteiger partial charge in [0.05, 0.1) is 0 Å². The second-order valence-corrected chi connectivity index (χ2v) is 5.26. The Hall–Kier alpha value is 0.560. The third kappa shape index (κ3) is 2.82. The quantitative estimate of drug-likeness (QED) is 0.506. The predicted octanol–water partition coefficient (Wildman–Crippen LogP) is -0.842. The van der Waals surface area contributed by atoms with Gasteiger partial charge in [-0.05, 0) is 0 Å². The fourth-order valence-electron chi connectivity index (χ4n) is 0.918. The minimum absolute atomic E-state index is 0.502. The lowest BCUT2D eigenvalue weighted by atomic mass is 10.4. The van der Waals surface area contributed by atoms with Gasteiger partial charge in [0.2, 0.25) is 0 Å². The van der Waals surface area contributed by atoms with Crippen LogP contribution in [0.25, 0.3) is 0 Å². The first-order valence-corrected chi connectivity index (χ1v) is 5.65. The molecule has 2 N–H and O–H groups in total. The van der Waals surface area contributed by atoms with Crippen molar-refractivity contribution in [3.63, 3.8) is 0 Å². The molecule has 1 aliphatic rings. The number of halogens is 1. The second-order valence-electron chi connectivity index (χ2n) is 2.35.